The molecule has 0 aliphatic carbocycles. The topological polar surface area (TPSA) is 78.7 Å². The third kappa shape index (κ3) is 6.27. The highest BCUT2D eigenvalue weighted by atomic mass is 19.4. The molecule has 2 aliphatic heterocycles. The van der Waals surface area contributed by atoms with Crippen molar-refractivity contribution in [2.45, 2.75) is 51.2 Å². The number of nitro benzene ring substituents is 1. The second-order valence-corrected chi connectivity index (χ2v) is 9.76. The first kappa shape index (κ1) is 25.8. The minimum Gasteiger partial charge on any atom is -0.380 e. The third-order valence-corrected chi connectivity index (χ3v) is 7.19. The van der Waals surface area contributed by atoms with Gasteiger partial charge in [-0.25, -0.2) is 0 Å². The minimum atomic E-state index is -4.83. The van der Waals surface area contributed by atoms with Crippen molar-refractivity contribution in [3.63, 3.8) is 0 Å². The lowest BCUT2D eigenvalue weighted by Crippen LogP contribution is -2.35. The quantitative estimate of drug-likeness (QED) is 0.391. The highest BCUT2D eigenvalue weighted by Crippen LogP contribution is 2.38. The number of halogens is 3. The Morgan fingerprint density at radius 3 is 2.42 bits per heavy atom. The van der Waals surface area contributed by atoms with E-state index in [9.17, 15) is 28.1 Å². The van der Waals surface area contributed by atoms with Gasteiger partial charge in [-0.1, -0.05) is 17.7 Å². The molecular weight excluding hydrogens is 473 g/mol. The van der Waals surface area contributed by atoms with Crippen LogP contribution in [-0.2, 0) is 11.0 Å². The SMILES string of the molecule is Cc1ccc(N2CCC(CCC(=O)N3CC[C@H](Nc4ccc([N+](=O)[O-])c(C(F)(F)F)c4)C3)CC2)cc1. The van der Waals surface area contributed by atoms with Gasteiger partial charge in [0.25, 0.3) is 5.69 Å². The van der Waals surface area contributed by atoms with E-state index in [1.54, 1.807) is 4.90 Å². The predicted octanol–water partition coefficient (Wildman–Crippen LogP) is 5.63. The zero-order valence-electron chi connectivity index (χ0n) is 20.3. The highest BCUT2D eigenvalue weighted by molar-refractivity contribution is 5.76. The summed E-state index contributed by atoms with van der Waals surface area (Å²) >= 11 is 0. The van der Waals surface area contributed by atoms with Crippen LogP contribution in [0.5, 0.6) is 0 Å². The maximum Gasteiger partial charge on any atom is 0.423 e. The number of rotatable bonds is 7. The minimum absolute atomic E-state index is 0.0694. The molecule has 2 aliphatic rings. The van der Waals surface area contributed by atoms with Crippen molar-refractivity contribution in [2.24, 2.45) is 5.92 Å². The molecule has 4 rings (SSSR count). The van der Waals surface area contributed by atoms with Gasteiger partial charge >= 0.3 is 6.18 Å². The van der Waals surface area contributed by atoms with Gasteiger partial charge in [0.2, 0.25) is 5.91 Å². The van der Waals surface area contributed by atoms with Crippen molar-refractivity contribution in [2.75, 3.05) is 36.4 Å². The summed E-state index contributed by atoms with van der Waals surface area (Å²) in [5.41, 5.74) is 0.386. The number of nitro groups is 1. The number of likely N-dealkylation sites (tertiary alicyclic amines) is 1. The van der Waals surface area contributed by atoms with Crippen LogP contribution in [0.1, 0.15) is 43.2 Å². The van der Waals surface area contributed by atoms with Gasteiger partial charge in [-0.05, 0) is 62.8 Å². The predicted molar refractivity (Wildman–Crippen MR) is 132 cm³/mol. The van der Waals surface area contributed by atoms with Crippen LogP contribution in [0.2, 0.25) is 0 Å². The Morgan fingerprint density at radius 1 is 1.08 bits per heavy atom. The Kier molecular flexibility index (Phi) is 7.70. The molecule has 2 fully saturated rings. The maximum atomic E-state index is 13.2. The van der Waals surface area contributed by atoms with Gasteiger partial charge < -0.3 is 15.1 Å². The van der Waals surface area contributed by atoms with Crippen molar-refractivity contribution in [1.29, 1.82) is 0 Å². The molecule has 10 heteroatoms. The average molecular weight is 505 g/mol. The zero-order chi connectivity index (χ0) is 25.9. The number of nitrogens with one attached hydrogen (secondary N) is 1. The van der Waals surface area contributed by atoms with Crippen LogP contribution in [0.3, 0.4) is 0 Å². The number of anilines is 2. The fourth-order valence-electron chi connectivity index (χ4n) is 5.07. The third-order valence-electron chi connectivity index (χ3n) is 7.19. The number of hydrogen-bond acceptors (Lipinski definition) is 5. The van der Waals surface area contributed by atoms with Crippen molar-refractivity contribution in [3.8, 4) is 0 Å². The molecule has 1 N–H and O–H groups in total. The second kappa shape index (κ2) is 10.8. The first-order chi connectivity index (χ1) is 17.1. The highest BCUT2D eigenvalue weighted by Gasteiger charge is 2.38. The summed E-state index contributed by atoms with van der Waals surface area (Å²) in [4.78, 5) is 26.8. The van der Waals surface area contributed by atoms with Gasteiger partial charge in [0.05, 0.1) is 4.92 Å². The molecule has 2 heterocycles. The molecule has 0 bridgehead atoms. The summed E-state index contributed by atoms with van der Waals surface area (Å²) in [7, 11) is 0. The van der Waals surface area contributed by atoms with Crippen LogP contribution in [0, 0.1) is 23.0 Å². The zero-order valence-corrected chi connectivity index (χ0v) is 20.3. The standard InChI is InChI=1S/C26H31F3N4O3/c1-18-2-6-22(7-3-18)31-13-10-19(11-14-31)4-9-25(34)32-15-12-21(17-32)30-20-5-8-24(33(35)36)23(16-20)26(27,28)29/h2-3,5-8,16,19,21,30H,4,9-15,17H2,1H3/t21-/m0/s1. The normalized spacial score (nSPS) is 18.9. The molecule has 2 aromatic carbocycles. The van der Waals surface area contributed by atoms with E-state index in [0.29, 0.717) is 31.8 Å². The summed E-state index contributed by atoms with van der Waals surface area (Å²) in [5, 5.41) is 14.0. The summed E-state index contributed by atoms with van der Waals surface area (Å²) in [6.45, 7) is 4.98. The average Bonchev–Trinajstić information content (AvgIpc) is 3.31. The van der Waals surface area contributed by atoms with Crippen molar-refractivity contribution in [1.82, 2.24) is 4.90 Å². The Hall–Kier alpha value is -3.30. The number of alkyl halides is 3. The Bertz CT molecular complexity index is 1080. The Morgan fingerprint density at radius 2 is 1.78 bits per heavy atom. The van der Waals surface area contributed by atoms with E-state index in [4.69, 9.17) is 0 Å². The molecule has 0 saturated carbocycles. The molecule has 0 unspecified atom stereocenters. The van der Waals surface area contributed by atoms with Crippen LogP contribution in [0.4, 0.5) is 30.2 Å². The lowest BCUT2D eigenvalue weighted by atomic mass is 9.91. The number of amides is 1. The van der Waals surface area contributed by atoms with E-state index in [1.807, 2.05) is 0 Å². The lowest BCUT2D eigenvalue weighted by Gasteiger charge is -2.34. The van der Waals surface area contributed by atoms with E-state index < -0.39 is 22.4 Å². The Labute approximate surface area is 208 Å². The fourth-order valence-corrected chi connectivity index (χ4v) is 5.07. The molecule has 1 amide bonds. The number of nitrogens with zero attached hydrogens (tertiary/aromatic N) is 3. The summed E-state index contributed by atoms with van der Waals surface area (Å²) in [5.74, 6) is 0.577. The maximum absolute atomic E-state index is 13.2. The molecule has 0 radical (unpaired) electrons. The van der Waals surface area contributed by atoms with Crippen molar-refractivity contribution < 1.29 is 22.9 Å². The van der Waals surface area contributed by atoms with Crippen LogP contribution in [0.25, 0.3) is 0 Å². The summed E-state index contributed by atoms with van der Waals surface area (Å²) in [6, 6.07) is 11.3. The monoisotopic (exact) mass is 504 g/mol. The van der Waals surface area contributed by atoms with Crippen LogP contribution in [-0.4, -0.2) is 48.0 Å². The molecule has 7 nitrogen and oxygen atoms in total. The molecule has 0 spiro atoms. The van der Waals surface area contributed by atoms with Crippen molar-refractivity contribution >= 4 is 23.0 Å². The van der Waals surface area contributed by atoms with Crippen LogP contribution >= 0.6 is 0 Å². The number of hydrogen-bond donors (Lipinski definition) is 1. The van der Waals surface area contributed by atoms with E-state index in [0.717, 1.165) is 44.5 Å². The molecule has 0 aromatic heterocycles. The van der Waals surface area contributed by atoms with Crippen LogP contribution < -0.4 is 10.2 Å². The summed E-state index contributed by atoms with van der Waals surface area (Å²) < 4.78 is 39.7. The van der Waals surface area contributed by atoms with Gasteiger partial charge in [0.1, 0.15) is 5.56 Å². The number of benzene rings is 2. The molecular formula is C26H31F3N4O3. The van der Waals surface area contributed by atoms with Crippen molar-refractivity contribution in [3.05, 3.63) is 63.7 Å². The number of carbonyl (C=O) groups is 1. The van der Waals surface area contributed by atoms with E-state index in [1.165, 1.54) is 17.3 Å². The number of carbonyl (C=O) groups excluding carboxylic acids is 1. The number of piperidine rings is 1. The van der Waals surface area contributed by atoms with Gasteiger partial charge in [-0.15, -0.1) is 0 Å². The van der Waals surface area contributed by atoms with Gasteiger partial charge in [0.15, 0.2) is 0 Å². The molecule has 2 aromatic rings. The van der Waals surface area contributed by atoms with Crippen LogP contribution in [0.15, 0.2) is 42.5 Å². The summed E-state index contributed by atoms with van der Waals surface area (Å²) in [6.07, 6.45) is -0.808. The fraction of sp³-hybridized carbons (Fsp3) is 0.500. The molecule has 36 heavy (non-hydrogen) atoms. The molecule has 1 atom stereocenters. The lowest BCUT2D eigenvalue weighted by molar-refractivity contribution is -0.388. The van der Waals surface area contributed by atoms with Gasteiger partial charge in [-0.3, -0.25) is 14.9 Å². The molecule has 194 valence electrons. The first-order valence-electron chi connectivity index (χ1n) is 12.3. The van der Waals surface area contributed by atoms with Gasteiger partial charge in [-0.2, -0.15) is 13.2 Å². The first-order valence-corrected chi connectivity index (χ1v) is 12.3. The number of aryl methyl sites for hydroxylation is 1. The van der Waals surface area contributed by atoms with Gasteiger partial charge in [0, 0.05) is 56.1 Å². The van der Waals surface area contributed by atoms with E-state index in [-0.39, 0.29) is 17.6 Å². The Balaban J connectivity index is 1.23. The smallest absolute Gasteiger partial charge is 0.380 e. The van der Waals surface area contributed by atoms with E-state index >= 15 is 0 Å². The largest absolute Gasteiger partial charge is 0.423 e. The molecule has 2 saturated heterocycles. The second-order valence-electron chi connectivity index (χ2n) is 9.76. The van der Waals surface area contributed by atoms with E-state index in [2.05, 4.69) is 41.4 Å².